The fraction of sp³-hybridized carbons (Fsp3) is 0.391. The predicted octanol–water partition coefficient (Wildman–Crippen LogP) is 3.46. The summed E-state index contributed by atoms with van der Waals surface area (Å²) in [6.07, 6.45) is 0.692. The van der Waals surface area contributed by atoms with Crippen molar-refractivity contribution < 1.29 is 28.5 Å². The molecule has 2 aromatic rings. The summed E-state index contributed by atoms with van der Waals surface area (Å²) in [6.45, 7) is 2.12. The Kier molecular flexibility index (Phi) is 10.1. The Labute approximate surface area is 202 Å². The molecule has 0 aliphatic carbocycles. The van der Waals surface area contributed by atoms with E-state index in [0.29, 0.717) is 60.8 Å². The molecule has 0 saturated carbocycles. The van der Waals surface area contributed by atoms with E-state index >= 15 is 0 Å². The summed E-state index contributed by atoms with van der Waals surface area (Å²) in [4.78, 5) is 24.9. The molecule has 0 unspecified atom stereocenters. The monoisotopic (exact) mass is 496 g/mol. The first kappa shape index (κ1) is 25.1. The van der Waals surface area contributed by atoms with Gasteiger partial charge in [0.2, 0.25) is 0 Å². The molecular formula is C23H26Cl2N2O6. The van der Waals surface area contributed by atoms with Gasteiger partial charge in [0.05, 0.1) is 13.2 Å². The van der Waals surface area contributed by atoms with Crippen LogP contribution in [0.4, 0.5) is 0 Å². The molecule has 3 rings (SSSR count). The molecule has 33 heavy (non-hydrogen) atoms. The molecule has 1 aliphatic rings. The van der Waals surface area contributed by atoms with Crippen LogP contribution in [0.15, 0.2) is 48.5 Å². The smallest absolute Gasteiger partial charge is 0.344 e. The number of rotatable bonds is 9. The molecule has 2 aromatic carbocycles. The molecule has 178 valence electrons. The average Bonchev–Trinajstić information content (AvgIpc) is 2.79. The third-order valence-corrected chi connectivity index (χ3v) is 5.24. The van der Waals surface area contributed by atoms with Crippen molar-refractivity contribution in [1.29, 1.82) is 0 Å². The maximum atomic E-state index is 12.8. The van der Waals surface area contributed by atoms with E-state index < -0.39 is 5.97 Å². The molecule has 1 saturated heterocycles. The van der Waals surface area contributed by atoms with Gasteiger partial charge in [-0.15, -0.1) is 0 Å². The number of hydrogen-bond donors (Lipinski definition) is 0. The predicted molar refractivity (Wildman–Crippen MR) is 124 cm³/mol. The molecular weight excluding hydrogens is 471 g/mol. The first-order valence-corrected chi connectivity index (χ1v) is 11.3. The van der Waals surface area contributed by atoms with E-state index in [4.69, 9.17) is 42.1 Å². The number of nitrogens with zero attached hydrogens (tertiary/aromatic N) is 2. The lowest BCUT2D eigenvalue weighted by molar-refractivity contribution is -0.159. The number of halogens is 2. The number of benzene rings is 2. The number of carbonyl (C=O) groups excluding carboxylic acids is 2. The van der Waals surface area contributed by atoms with Crippen LogP contribution in [0.1, 0.15) is 6.42 Å². The van der Waals surface area contributed by atoms with Crippen molar-refractivity contribution in [2.75, 3.05) is 52.7 Å². The van der Waals surface area contributed by atoms with Crippen LogP contribution >= 0.6 is 23.2 Å². The normalized spacial score (nSPS) is 14.8. The molecule has 0 N–H and O–H groups in total. The highest BCUT2D eigenvalue weighted by Gasteiger charge is 2.23. The molecule has 0 spiro atoms. The fourth-order valence-electron chi connectivity index (χ4n) is 3.10. The Bertz CT molecular complexity index is 895. The molecule has 10 heteroatoms. The van der Waals surface area contributed by atoms with Crippen LogP contribution in [0.2, 0.25) is 10.0 Å². The van der Waals surface area contributed by atoms with Crippen LogP contribution in [0.25, 0.3) is 0 Å². The standard InChI is InChI=1S/C23H26Cl2N2O6/c24-18-2-6-20(7-3-18)32-16-22(28)27-10-1-13-30-14-11-26(27)12-15-31-23(29)17-33-21-8-4-19(25)5-9-21/h2-9H,1,10-17H2. The number of ether oxygens (including phenoxy) is 4. The first-order chi connectivity index (χ1) is 16.0. The Morgan fingerprint density at radius 3 is 2.09 bits per heavy atom. The summed E-state index contributed by atoms with van der Waals surface area (Å²) < 4.78 is 21.8. The van der Waals surface area contributed by atoms with Gasteiger partial charge in [0, 0.05) is 29.7 Å². The van der Waals surface area contributed by atoms with Crippen molar-refractivity contribution in [2.24, 2.45) is 0 Å². The molecule has 1 aliphatic heterocycles. The SMILES string of the molecule is O=C(COc1ccc(Cl)cc1)OCCN1CCOCCCN1C(=O)COc1ccc(Cl)cc1. The minimum Gasteiger partial charge on any atom is -0.484 e. The van der Waals surface area contributed by atoms with E-state index in [1.807, 2.05) is 5.01 Å². The van der Waals surface area contributed by atoms with Crippen LogP contribution in [0, 0.1) is 0 Å². The van der Waals surface area contributed by atoms with Gasteiger partial charge in [0.25, 0.3) is 5.91 Å². The van der Waals surface area contributed by atoms with Gasteiger partial charge in [-0.25, -0.2) is 9.80 Å². The second kappa shape index (κ2) is 13.3. The highest BCUT2D eigenvalue weighted by molar-refractivity contribution is 6.30. The third kappa shape index (κ3) is 8.74. The van der Waals surface area contributed by atoms with Crippen LogP contribution in [-0.2, 0) is 19.1 Å². The van der Waals surface area contributed by atoms with Gasteiger partial charge < -0.3 is 18.9 Å². The second-order valence-corrected chi connectivity index (χ2v) is 8.02. The fourth-order valence-corrected chi connectivity index (χ4v) is 3.35. The van der Waals surface area contributed by atoms with E-state index in [1.54, 1.807) is 53.5 Å². The summed E-state index contributed by atoms with van der Waals surface area (Å²) in [5, 5.41) is 4.63. The summed E-state index contributed by atoms with van der Waals surface area (Å²) in [5.74, 6) is 0.389. The topological polar surface area (TPSA) is 77.5 Å². The molecule has 0 bridgehead atoms. The van der Waals surface area contributed by atoms with Crippen molar-refractivity contribution in [1.82, 2.24) is 10.0 Å². The maximum absolute atomic E-state index is 12.8. The molecule has 1 fully saturated rings. The number of esters is 1. The van der Waals surface area contributed by atoms with Crippen LogP contribution in [0.3, 0.4) is 0 Å². The summed E-state index contributed by atoms with van der Waals surface area (Å²) in [5.41, 5.74) is 0. The van der Waals surface area contributed by atoms with Gasteiger partial charge in [-0.2, -0.15) is 0 Å². The van der Waals surface area contributed by atoms with Crippen molar-refractivity contribution in [2.45, 2.75) is 6.42 Å². The molecule has 0 aromatic heterocycles. The lowest BCUT2D eigenvalue weighted by Crippen LogP contribution is -2.52. The van der Waals surface area contributed by atoms with E-state index in [1.165, 1.54) is 0 Å². The molecule has 1 heterocycles. The van der Waals surface area contributed by atoms with E-state index in [-0.39, 0.29) is 25.7 Å². The first-order valence-electron chi connectivity index (χ1n) is 10.6. The third-order valence-electron chi connectivity index (χ3n) is 4.74. The molecule has 1 amide bonds. The van der Waals surface area contributed by atoms with Crippen molar-refractivity contribution in [3.8, 4) is 11.5 Å². The van der Waals surface area contributed by atoms with Crippen molar-refractivity contribution in [3.05, 3.63) is 58.6 Å². The average molecular weight is 497 g/mol. The van der Waals surface area contributed by atoms with E-state index in [2.05, 4.69) is 0 Å². The summed E-state index contributed by atoms with van der Waals surface area (Å²) >= 11 is 11.7. The Morgan fingerprint density at radius 1 is 0.848 bits per heavy atom. The maximum Gasteiger partial charge on any atom is 0.344 e. The van der Waals surface area contributed by atoms with Gasteiger partial charge in [0.1, 0.15) is 18.1 Å². The van der Waals surface area contributed by atoms with Gasteiger partial charge in [-0.05, 0) is 55.0 Å². The van der Waals surface area contributed by atoms with Gasteiger partial charge in [0.15, 0.2) is 13.2 Å². The minimum atomic E-state index is -0.503. The number of hydrazine groups is 1. The second-order valence-electron chi connectivity index (χ2n) is 7.14. The molecule has 8 nitrogen and oxygen atoms in total. The van der Waals surface area contributed by atoms with Crippen LogP contribution < -0.4 is 9.47 Å². The van der Waals surface area contributed by atoms with E-state index in [0.717, 1.165) is 0 Å². The number of amides is 1. The minimum absolute atomic E-state index is 0.102. The number of carbonyl (C=O) groups is 2. The van der Waals surface area contributed by atoms with Gasteiger partial charge in [-0.1, -0.05) is 23.2 Å². The van der Waals surface area contributed by atoms with Crippen molar-refractivity contribution in [3.63, 3.8) is 0 Å². The lowest BCUT2D eigenvalue weighted by atomic mass is 10.3. The van der Waals surface area contributed by atoms with Crippen LogP contribution in [0.5, 0.6) is 11.5 Å². The Balaban J connectivity index is 1.46. The highest BCUT2D eigenvalue weighted by atomic mass is 35.5. The van der Waals surface area contributed by atoms with Crippen molar-refractivity contribution >= 4 is 35.1 Å². The summed E-state index contributed by atoms with van der Waals surface area (Å²) in [6, 6.07) is 13.5. The summed E-state index contributed by atoms with van der Waals surface area (Å²) in [7, 11) is 0. The van der Waals surface area contributed by atoms with Gasteiger partial charge in [-0.3, -0.25) is 9.80 Å². The zero-order chi connectivity index (χ0) is 23.5. The highest BCUT2D eigenvalue weighted by Crippen LogP contribution is 2.17. The van der Waals surface area contributed by atoms with Gasteiger partial charge >= 0.3 is 5.97 Å². The van der Waals surface area contributed by atoms with Crippen LogP contribution in [-0.4, -0.2) is 74.6 Å². The Morgan fingerprint density at radius 2 is 1.45 bits per heavy atom. The molecule has 0 atom stereocenters. The zero-order valence-electron chi connectivity index (χ0n) is 18.1. The lowest BCUT2D eigenvalue weighted by Gasteiger charge is -2.36. The Hall–Kier alpha value is -2.52. The largest absolute Gasteiger partial charge is 0.484 e. The quantitative estimate of drug-likeness (QED) is 0.491. The zero-order valence-corrected chi connectivity index (χ0v) is 19.6. The molecule has 0 radical (unpaired) electrons. The number of hydrogen-bond acceptors (Lipinski definition) is 7. The van der Waals surface area contributed by atoms with E-state index in [9.17, 15) is 9.59 Å².